The lowest BCUT2D eigenvalue weighted by Crippen LogP contribution is -2.51. The third-order valence-electron chi connectivity index (χ3n) is 5.04. The van der Waals surface area contributed by atoms with E-state index in [1.165, 1.54) is 0 Å². The van der Waals surface area contributed by atoms with Crippen molar-refractivity contribution in [3.63, 3.8) is 0 Å². The first-order valence-corrected chi connectivity index (χ1v) is 11.3. The molecule has 1 fully saturated rings. The molecule has 1 aromatic rings. The van der Waals surface area contributed by atoms with E-state index in [-0.39, 0.29) is 30.6 Å². The van der Waals surface area contributed by atoms with Gasteiger partial charge in [0.15, 0.2) is 0 Å². The minimum absolute atomic E-state index is 0.136. The lowest BCUT2D eigenvalue weighted by molar-refractivity contribution is -0.123. The first-order chi connectivity index (χ1) is 15.0. The second kappa shape index (κ2) is 11.7. The van der Waals surface area contributed by atoms with E-state index in [0.717, 1.165) is 18.4 Å². The van der Waals surface area contributed by atoms with Crippen LogP contribution in [-0.4, -0.2) is 53.8 Å². The molecule has 0 aliphatic carbocycles. The van der Waals surface area contributed by atoms with Crippen molar-refractivity contribution in [3.8, 4) is 0 Å². The van der Waals surface area contributed by atoms with Gasteiger partial charge in [0.2, 0.25) is 5.91 Å². The lowest BCUT2D eigenvalue weighted by atomic mass is 10.0. The molecule has 0 saturated carbocycles. The highest BCUT2D eigenvalue weighted by atomic mass is 16.6. The van der Waals surface area contributed by atoms with Gasteiger partial charge in [-0.1, -0.05) is 44.2 Å². The number of rotatable bonds is 8. The molecule has 2 rings (SSSR count). The van der Waals surface area contributed by atoms with Crippen molar-refractivity contribution in [2.45, 2.75) is 78.2 Å². The highest BCUT2D eigenvalue weighted by molar-refractivity contribution is 5.85. The molecule has 0 bridgehead atoms. The van der Waals surface area contributed by atoms with E-state index < -0.39 is 17.7 Å². The van der Waals surface area contributed by atoms with Crippen molar-refractivity contribution in [2.24, 2.45) is 5.92 Å². The SMILES string of the molecule is CC(C)C[C@H](NC(=O)OC(C)(C)C)C(=O)NC[C@@H]1CCCN1C(=O)OCc1ccccc1. The van der Waals surface area contributed by atoms with Crippen LogP contribution in [0, 0.1) is 5.92 Å². The summed E-state index contributed by atoms with van der Waals surface area (Å²) in [5.74, 6) is -0.0781. The summed E-state index contributed by atoms with van der Waals surface area (Å²) in [6.45, 7) is 10.4. The zero-order valence-corrected chi connectivity index (χ0v) is 19.8. The Morgan fingerprint density at radius 3 is 2.47 bits per heavy atom. The molecule has 1 aliphatic rings. The third-order valence-corrected chi connectivity index (χ3v) is 5.04. The Morgan fingerprint density at radius 1 is 1.16 bits per heavy atom. The van der Waals surface area contributed by atoms with Gasteiger partial charge in [-0.25, -0.2) is 9.59 Å². The zero-order chi connectivity index (χ0) is 23.7. The van der Waals surface area contributed by atoms with E-state index in [2.05, 4.69) is 10.6 Å². The number of carbonyl (C=O) groups is 3. The standard InChI is InChI=1S/C24H37N3O5/c1-17(2)14-20(26-22(29)32-24(3,4)5)21(28)25-15-19-12-9-13-27(19)23(30)31-16-18-10-7-6-8-11-18/h6-8,10-11,17,19-20H,9,12-16H2,1-5H3,(H,25,28)(H,26,29)/t19-,20-/m0/s1. The molecule has 8 nitrogen and oxygen atoms in total. The third kappa shape index (κ3) is 8.77. The molecule has 1 heterocycles. The van der Waals surface area contributed by atoms with Gasteiger partial charge >= 0.3 is 12.2 Å². The van der Waals surface area contributed by atoms with Crippen LogP contribution >= 0.6 is 0 Å². The summed E-state index contributed by atoms with van der Waals surface area (Å²) in [6.07, 6.45) is 1.13. The zero-order valence-electron chi connectivity index (χ0n) is 19.8. The number of likely N-dealkylation sites (tertiary alicyclic amines) is 1. The number of nitrogens with zero attached hydrogens (tertiary/aromatic N) is 1. The van der Waals surface area contributed by atoms with Gasteiger partial charge in [-0.2, -0.15) is 0 Å². The van der Waals surface area contributed by atoms with Gasteiger partial charge in [-0.3, -0.25) is 4.79 Å². The molecule has 32 heavy (non-hydrogen) atoms. The predicted molar refractivity (Wildman–Crippen MR) is 122 cm³/mol. The smallest absolute Gasteiger partial charge is 0.410 e. The molecular weight excluding hydrogens is 410 g/mol. The van der Waals surface area contributed by atoms with Crippen LogP contribution in [0.2, 0.25) is 0 Å². The van der Waals surface area contributed by atoms with Crippen molar-refractivity contribution >= 4 is 18.1 Å². The number of amides is 3. The Hall–Kier alpha value is -2.77. The van der Waals surface area contributed by atoms with Crippen LogP contribution in [0.25, 0.3) is 0 Å². The molecule has 0 unspecified atom stereocenters. The molecule has 3 amide bonds. The fourth-order valence-corrected chi connectivity index (χ4v) is 3.58. The highest BCUT2D eigenvalue weighted by Crippen LogP contribution is 2.18. The maximum atomic E-state index is 12.8. The van der Waals surface area contributed by atoms with Gasteiger partial charge in [0.25, 0.3) is 0 Å². The maximum Gasteiger partial charge on any atom is 0.410 e. The Bertz CT molecular complexity index is 761. The van der Waals surface area contributed by atoms with E-state index in [0.29, 0.717) is 19.5 Å². The van der Waals surface area contributed by atoms with Crippen LogP contribution < -0.4 is 10.6 Å². The molecule has 178 valence electrons. The van der Waals surface area contributed by atoms with E-state index in [4.69, 9.17) is 9.47 Å². The van der Waals surface area contributed by atoms with Crippen molar-refractivity contribution in [2.75, 3.05) is 13.1 Å². The summed E-state index contributed by atoms with van der Waals surface area (Å²) >= 11 is 0. The summed E-state index contributed by atoms with van der Waals surface area (Å²) in [7, 11) is 0. The van der Waals surface area contributed by atoms with Crippen LogP contribution in [0.5, 0.6) is 0 Å². The molecule has 0 spiro atoms. The van der Waals surface area contributed by atoms with Crippen molar-refractivity contribution in [1.29, 1.82) is 0 Å². The van der Waals surface area contributed by atoms with E-state index in [1.807, 2.05) is 44.2 Å². The Labute approximate surface area is 191 Å². The summed E-state index contributed by atoms with van der Waals surface area (Å²) in [5.41, 5.74) is 0.280. The number of alkyl carbamates (subject to hydrolysis) is 1. The normalized spacial score (nSPS) is 17.1. The van der Waals surface area contributed by atoms with Crippen molar-refractivity contribution in [1.82, 2.24) is 15.5 Å². The maximum absolute atomic E-state index is 12.8. The average molecular weight is 448 g/mol. The van der Waals surface area contributed by atoms with Gasteiger partial charge in [0, 0.05) is 13.1 Å². The second-order valence-electron chi connectivity index (χ2n) is 9.60. The Balaban J connectivity index is 1.88. The minimum Gasteiger partial charge on any atom is -0.445 e. The van der Waals surface area contributed by atoms with Crippen LogP contribution in [0.15, 0.2) is 30.3 Å². The Kier molecular flexibility index (Phi) is 9.35. The topological polar surface area (TPSA) is 97.0 Å². The lowest BCUT2D eigenvalue weighted by Gasteiger charge is -2.27. The first-order valence-electron chi connectivity index (χ1n) is 11.3. The number of carbonyl (C=O) groups excluding carboxylic acids is 3. The number of nitrogens with one attached hydrogen (secondary N) is 2. The van der Waals surface area contributed by atoms with Crippen LogP contribution in [-0.2, 0) is 20.9 Å². The molecule has 2 atom stereocenters. The molecule has 2 N–H and O–H groups in total. The van der Waals surface area contributed by atoms with E-state index >= 15 is 0 Å². The van der Waals surface area contributed by atoms with Crippen LogP contribution in [0.1, 0.15) is 59.4 Å². The first kappa shape index (κ1) is 25.5. The number of benzene rings is 1. The summed E-state index contributed by atoms with van der Waals surface area (Å²) in [5, 5.41) is 5.57. The largest absolute Gasteiger partial charge is 0.445 e. The molecule has 0 aromatic heterocycles. The van der Waals surface area contributed by atoms with Gasteiger partial charge in [-0.15, -0.1) is 0 Å². The highest BCUT2D eigenvalue weighted by Gasteiger charge is 2.31. The fraction of sp³-hybridized carbons (Fsp3) is 0.625. The molecule has 1 aromatic carbocycles. The molecular formula is C24H37N3O5. The van der Waals surface area contributed by atoms with Gasteiger partial charge < -0.3 is 25.0 Å². The minimum atomic E-state index is -0.704. The van der Waals surface area contributed by atoms with Crippen molar-refractivity contribution < 1.29 is 23.9 Å². The van der Waals surface area contributed by atoms with Gasteiger partial charge in [-0.05, 0) is 51.5 Å². The van der Waals surface area contributed by atoms with Gasteiger partial charge in [0.05, 0.1) is 6.04 Å². The monoisotopic (exact) mass is 447 g/mol. The molecule has 0 radical (unpaired) electrons. The van der Waals surface area contributed by atoms with Gasteiger partial charge in [0.1, 0.15) is 18.2 Å². The summed E-state index contributed by atoms with van der Waals surface area (Å²) < 4.78 is 10.7. The van der Waals surface area contributed by atoms with E-state index in [1.54, 1.807) is 25.7 Å². The second-order valence-corrected chi connectivity index (χ2v) is 9.60. The molecule has 1 aliphatic heterocycles. The average Bonchev–Trinajstić information content (AvgIpc) is 3.17. The Morgan fingerprint density at radius 2 is 1.84 bits per heavy atom. The summed E-state index contributed by atoms with van der Waals surface area (Å²) in [4.78, 5) is 39.2. The quantitative estimate of drug-likeness (QED) is 0.631. The fourth-order valence-electron chi connectivity index (χ4n) is 3.58. The van der Waals surface area contributed by atoms with Crippen LogP contribution in [0.4, 0.5) is 9.59 Å². The van der Waals surface area contributed by atoms with E-state index in [9.17, 15) is 14.4 Å². The molecule has 8 heteroatoms. The summed E-state index contributed by atoms with van der Waals surface area (Å²) in [6, 6.07) is 8.68. The number of hydrogen-bond donors (Lipinski definition) is 2. The number of ether oxygens (including phenoxy) is 2. The molecule has 1 saturated heterocycles. The van der Waals surface area contributed by atoms with Crippen LogP contribution in [0.3, 0.4) is 0 Å². The predicted octanol–water partition coefficient (Wildman–Crippen LogP) is 3.84. The number of hydrogen-bond acceptors (Lipinski definition) is 5. The van der Waals surface area contributed by atoms with Crippen molar-refractivity contribution in [3.05, 3.63) is 35.9 Å².